The van der Waals surface area contributed by atoms with E-state index in [1.54, 1.807) is 0 Å². The Morgan fingerprint density at radius 1 is 1.40 bits per heavy atom. The number of anilines is 1. The van der Waals surface area contributed by atoms with Gasteiger partial charge in [0.2, 0.25) is 0 Å². The van der Waals surface area contributed by atoms with Gasteiger partial charge in [0, 0.05) is 24.1 Å². The Morgan fingerprint density at radius 3 is 2.80 bits per heavy atom. The first-order valence-corrected chi connectivity index (χ1v) is 7.92. The van der Waals surface area contributed by atoms with Crippen LogP contribution < -0.4 is 5.32 Å². The van der Waals surface area contributed by atoms with Crippen LogP contribution in [0.5, 0.6) is 0 Å². The van der Waals surface area contributed by atoms with Crippen molar-refractivity contribution in [1.82, 2.24) is 14.9 Å². The molecule has 0 amide bonds. The van der Waals surface area contributed by atoms with Gasteiger partial charge in [0.15, 0.2) is 0 Å². The molecule has 2 rings (SSSR count). The number of likely N-dealkylation sites (N-methyl/N-ethyl adjacent to an activating group) is 1. The molecule has 0 aromatic carbocycles. The van der Waals surface area contributed by atoms with Crippen LogP contribution in [0.4, 0.5) is 5.82 Å². The fourth-order valence-electron chi connectivity index (χ4n) is 2.56. The molecule has 1 fully saturated rings. The Bertz CT molecular complexity index is 461. The summed E-state index contributed by atoms with van der Waals surface area (Å²) in [5, 5.41) is 4.14. The second-order valence-electron chi connectivity index (χ2n) is 5.88. The number of piperidine rings is 1. The monoisotopic (exact) mass is 296 g/mol. The second kappa shape index (κ2) is 6.72. The van der Waals surface area contributed by atoms with Gasteiger partial charge in [0.1, 0.15) is 16.8 Å². The molecule has 1 atom stereocenters. The molecule has 0 radical (unpaired) electrons. The Labute approximate surface area is 126 Å². The van der Waals surface area contributed by atoms with E-state index in [1.807, 2.05) is 6.92 Å². The maximum atomic E-state index is 6.24. The fraction of sp³-hybridized carbons (Fsp3) is 0.733. The predicted molar refractivity (Wildman–Crippen MR) is 84.6 cm³/mol. The molecule has 1 aliphatic rings. The van der Waals surface area contributed by atoms with Crippen LogP contribution in [0, 0.1) is 6.92 Å². The second-order valence-corrected chi connectivity index (χ2v) is 6.24. The van der Waals surface area contributed by atoms with Crippen LogP contribution >= 0.6 is 11.6 Å². The molecule has 2 heterocycles. The lowest BCUT2D eigenvalue weighted by atomic mass is 10.1. The molecular formula is C15H25ClN4. The summed E-state index contributed by atoms with van der Waals surface area (Å²) in [6.07, 6.45) is 2.43. The first-order chi connectivity index (χ1) is 9.51. The summed E-state index contributed by atoms with van der Waals surface area (Å²) >= 11 is 6.24. The molecular weight excluding hydrogens is 272 g/mol. The number of hydrogen-bond acceptors (Lipinski definition) is 4. The SMILES string of the molecule is CCN1CCCC(Nc2nc(C(C)C)nc(Cl)c2C)C1. The van der Waals surface area contributed by atoms with Crippen LogP contribution in [-0.2, 0) is 0 Å². The number of rotatable bonds is 4. The number of nitrogens with zero attached hydrogens (tertiary/aromatic N) is 3. The van der Waals surface area contributed by atoms with Crippen LogP contribution in [0.25, 0.3) is 0 Å². The lowest BCUT2D eigenvalue weighted by Crippen LogP contribution is -2.42. The van der Waals surface area contributed by atoms with E-state index in [0.717, 1.165) is 30.3 Å². The highest BCUT2D eigenvalue weighted by molar-refractivity contribution is 6.30. The van der Waals surface area contributed by atoms with E-state index < -0.39 is 0 Å². The summed E-state index contributed by atoms with van der Waals surface area (Å²) in [6.45, 7) is 11.8. The summed E-state index contributed by atoms with van der Waals surface area (Å²) in [7, 11) is 0. The Hall–Kier alpha value is -0.870. The van der Waals surface area contributed by atoms with E-state index in [0.29, 0.717) is 11.2 Å². The molecule has 0 aliphatic carbocycles. The van der Waals surface area contributed by atoms with Gasteiger partial charge in [-0.15, -0.1) is 0 Å². The highest BCUT2D eigenvalue weighted by atomic mass is 35.5. The minimum Gasteiger partial charge on any atom is -0.366 e. The van der Waals surface area contributed by atoms with Crippen molar-refractivity contribution in [2.75, 3.05) is 25.0 Å². The van der Waals surface area contributed by atoms with Gasteiger partial charge in [-0.25, -0.2) is 9.97 Å². The van der Waals surface area contributed by atoms with Gasteiger partial charge < -0.3 is 10.2 Å². The molecule has 20 heavy (non-hydrogen) atoms. The standard InChI is InChI=1S/C15H25ClN4/c1-5-20-8-6-7-12(9-20)17-15-11(4)13(16)18-14(19-15)10(2)3/h10,12H,5-9H2,1-4H3,(H,17,18,19). The third-order valence-corrected chi connectivity index (χ3v) is 4.28. The molecule has 1 unspecified atom stereocenters. The van der Waals surface area contributed by atoms with Crippen molar-refractivity contribution in [3.05, 3.63) is 16.5 Å². The number of likely N-dealkylation sites (tertiary alicyclic amines) is 1. The lowest BCUT2D eigenvalue weighted by Gasteiger charge is -2.33. The number of aromatic nitrogens is 2. The largest absolute Gasteiger partial charge is 0.366 e. The molecule has 0 bridgehead atoms. The van der Waals surface area contributed by atoms with Crippen LogP contribution in [-0.4, -0.2) is 40.5 Å². The van der Waals surface area contributed by atoms with Gasteiger partial charge in [-0.3, -0.25) is 0 Å². The summed E-state index contributed by atoms with van der Waals surface area (Å²) in [6, 6.07) is 0.452. The topological polar surface area (TPSA) is 41.0 Å². The Kier molecular flexibility index (Phi) is 5.22. The van der Waals surface area contributed by atoms with E-state index in [9.17, 15) is 0 Å². The molecule has 5 heteroatoms. The molecule has 0 saturated carbocycles. The minimum absolute atomic E-state index is 0.284. The van der Waals surface area contributed by atoms with Crippen molar-refractivity contribution in [3.8, 4) is 0 Å². The molecule has 1 saturated heterocycles. The zero-order chi connectivity index (χ0) is 14.7. The van der Waals surface area contributed by atoms with E-state index in [4.69, 9.17) is 11.6 Å². The van der Waals surface area contributed by atoms with E-state index in [-0.39, 0.29) is 5.92 Å². The number of hydrogen-bond donors (Lipinski definition) is 1. The lowest BCUT2D eigenvalue weighted by molar-refractivity contribution is 0.226. The fourth-order valence-corrected chi connectivity index (χ4v) is 2.73. The van der Waals surface area contributed by atoms with Gasteiger partial charge in [-0.1, -0.05) is 32.4 Å². The van der Waals surface area contributed by atoms with Gasteiger partial charge >= 0.3 is 0 Å². The van der Waals surface area contributed by atoms with Gasteiger partial charge in [-0.05, 0) is 32.9 Å². The van der Waals surface area contributed by atoms with E-state index in [1.165, 1.54) is 19.4 Å². The predicted octanol–water partition coefficient (Wildman–Crippen LogP) is 3.46. The van der Waals surface area contributed by atoms with Crippen molar-refractivity contribution >= 4 is 17.4 Å². The van der Waals surface area contributed by atoms with E-state index in [2.05, 4.69) is 41.0 Å². The van der Waals surface area contributed by atoms with Crippen LogP contribution in [0.15, 0.2) is 0 Å². The molecule has 4 nitrogen and oxygen atoms in total. The van der Waals surface area contributed by atoms with Crippen molar-refractivity contribution < 1.29 is 0 Å². The smallest absolute Gasteiger partial charge is 0.137 e. The maximum Gasteiger partial charge on any atom is 0.137 e. The Balaban J connectivity index is 2.15. The summed E-state index contributed by atoms with van der Waals surface area (Å²) in [5.74, 6) is 2.00. The minimum atomic E-state index is 0.284. The third-order valence-electron chi connectivity index (χ3n) is 3.91. The van der Waals surface area contributed by atoms with Crippen molar-refractivity contribution in [1.29, 1.82) is 0 Å². The molecule has 1 aromatic rings. The Morgan fingerprint density at radius 2 is 2.15 bits per heavy atom. The van der Waals surface area contributed by atoms with Crippen molar-refractivity contribution in [2.45, 2.75) is 52.5 Å². The molecule has 1 aliphatic heterocycles. The van der Waals surface area contributed by atoms with Gasteiger partial charge in [0.05, 0.1) is 0 Å². The summed E-state index contributed by atoms with van der Waals surface area (Å²) in [5.41, 5.74) is 0.949. The van der Waals surface area contributed by atoms with E-state index >= 15 is 0 Å². The zero-order valence-corrected chi connectivity index (χ0v) is 13.7. The number of halogens is 1. The molecule has 1 aromatic heterocycles. The van der Waals surface area contributed by atoms with Crippen molar-refractivity contribution in [3.63, 3.8) is 0 Å². The first-order valence-electron chi connectivity index (χ1n) is 7.54. The van der Waals surface area contributed by atoms with Gasteiger partial charge in [-0.2, -0.15) is 0 Å². The van der Waals surface area contributed by atoms with Gasteiger partial charge in [0.25, 0.3) is 0 Å². The van der Waals surface area contributed by atoms with Crippen LogP contribution in [0.3, 0.4) is 0 Å². The molecule has 0 spiro atoms. The first kappa shape index (κ1) is 15.5. The summed E-state index contributed by atoms with van der Waals surface area (Å²) < 4.78 is 0. The third kappa shape index (κ3) is 3.61. The molecule has 112 valence electrons. The normalized spacial score (nSPS) is 20.4. The average molecular weight is 297 g/mol. The average Bonchev–Trinajstić information content (AvgIpc) is 2.43. The van der Waals surface area contributed by atoms with Crippen molar-refractivity contribution in [2.24, 2.45) is 0 Å². The quantitative estimate of drug-likeness (QED) is 0.864. The highest BCUT2D eigenvalue weighted by Gasteiger charge is 2.20. The molecule has 1 N–H and O–H groups in total. The van der Waals surface area contributed by atoms with Crippen LogP contribution in [0.2, 0.25) is 5.15 Å². The highest BCUT2D eigenvalue weighted by Crippen LogP contribution is 2.24. The maximum absolute atomic E-state index is 6.24. The summed E-state index contributed by atoms with van der Waals surface area (Å²) in [4.78, 5) is 11.5. The zero-order valence-electron chi connectivity index (χ0n) is 12.9. The van der Waals surface area contributed by atoms with Crippen LogP contribution in [0.1, 0.15) is 50.9 Å². The number of nitrogens with one attached hydrogen (secondary N) is 1.